The van der Waals surface area contributed by atoms with Crippen LogP contribution in [-0.2, 0) is 17.6 Å². The van der Waals surface area contributed by atoms with Crippen LogP contribution in [0.25, 0.3) is 10.9 Å². The lowest BCUT2D eigenvalue weighted by molar-refractivity contribution is -0.120. The van der Waals surface area contributed by atoms with Gasteiger partial charge in [-0.05, 0) is 60.3 Å². The maximum atomic E-state index is 12.4. The van der Waals surface area contributed by atoms with E-state index in [4.69, 9.17) is 17.3 Å². The summed E-state index contributed by atoms with van der Waals surface area (Å²) in [5.74, 6) is -0.516. The molecule has 2 atom stereocenters. The highest BCUT2D eigenvalue weighted by atomic mass is 35.5. The lowest BCUT2D eigenvalue weighted by atomic mass is 9.85. The van der Waals surface area contributed by atoms with Crippen LogP contribution in [0.3, 0.4) is 0 Å². The summed E-state index contributed by atoms with van der Waals surface area (Å²) >= 11 is 6.00. The first-order chi connectivity index (χ1) is 13.5. The molecule has 28 heavy (non-hydrogen) atoms. The van der Waals surface area contributed by atoms with Crippen LogP contribution in [0.5, 0.6) is 0 Å². The number of rotatable bonds is 6. The number of fused-ring (bicyclic) bond motifs is 1. The van der Waals surface area contributed by atoms with Crippen LogP contribution in [0.2, 0.25) is 5.02 Å². The minimum Gasteiger partial charge on any atom is -0.361 e. The van der Waals surface area contributed by atoms with Crippen LogP contribution in [0, 0.1) is 0 Å². The number of carbonyl (C=O) groups excluding carboxylic acids is 2. The number of urea groups is 1. The van der Waals surface area contributed by atoms with Gasteiger partial charge in [0.05, 0.1) is 0 Å². The molecule has 0 saturated carbocycles. The van der Waals surface area contributed by atoms with Gasteiger partial charge < -0.3 is 16.0 Å². The van der Waals surface area contributed by atoms with Gasteiger partial charge >= 0.3 is 6.03 Å². The Morgan fingerprint density at radius 1 is 1.11 bits per heavy atom. The maximum absolute atomic E-state index is 12.4. The topological polar surface area (TPSA) is 100 Å². The average Bonchev–Trinajstić information content (AvgIpc) is 3.24. The molecule has 1 fully saturated rings. The summed E-state index contributed by atoms with van der Waals surface area (Å²) in [6.07, 6.45) is 3.34. The molecular formula is C21H21ClN4O2. The minimum atomic E-state index is -0.627. The van der Waals surface area contributed by atoms with E-state index in [2.05, 4.69) is 21.7 Å². The molecule has 1 aliphatic heterocycles. The van der Waals surface area contributed by atoms with Crippen LogP contribution in [0.15, 0.2) is 48.7 Å². The number of amides is 3. The molecule has 144 valence electrons. The number of carbonyl (C=O) groups is 2. The highest BCUT2D eigenvalue weighted by Gasteiger charge is 2.37. The van der Waals surface area contributed by atoms with Gasteiger partial charge in [-0.15, -0.1) is 0 Å². The van der Waals surface area contributed by atoms with E-state index in [1.54, 1.807) is 0 Å². The third-order valence-electron chi connectivity index (χ3n) is 5.21. The monoisotopic (exact) mass is 396 g/mol. The van der Waals surface area contributed by atoms with Crippen LogP contribution in [-0.4, -0.2) is 29.5 Å². The van der Waals surface area contributed by atoms with E-state index in [0.717, 1.165) is 34.0 Å². The zero-order valence-corrected chi connectivity index (χ0v) is 15.9. The average molecular weight is 397 g/mol. The van der Waals surface area contributed by atoms with Crippen molar-refractivity contribution in [1.82, 2.24) is 15.6 Å². The van der Waals surface area contributed by atoms with E-state index in [0.29, 0.717) is 18.0 Å². The second-order valence-electron chi connectivity index (χ2n) is 7.04. The molecule has 4 rings (SSSR count). The lowest BCUT2D eigenvalue weighted by Crippen LogP contribution is -2.36. The number of aromatic nitrogens is 1. The maximum Gasteiger partial charge on any atom is 0.322 e. The first-order valence-corrected chi connectivity index (χ1v) is 9.58. The van der Waals surface area contributed by atoms with Gasteiger partial charge in [-0.25, -0.2) is 4.79 Å². The Bertz CT molecular complexity index is 1030. The Morgan fingerprint density at radius 3 is 2.57 bits per heavy atom. The van der Waals surface area contributed by atoms with Crippen molar-refractivity contribution >= 4 is 34.4 Å². The van der Waals surface area contributed by atoms with Crippen molar-refractivity contribution in [3.8, 4) is 0 Å². The van der Waals surface area contributed by atoms with Gasteiger partial charge in [-0.2, -0.15) is 0 Å². The summed E-state index contributed by atoms with van der Waals surface area (Å²) in [6.45, 7) is 0.562. The quantitative estimate of drug-likeness (QED) is 0.482. The van der Waals surface area contributed by atoms with Crippen LogP contribution in [0.4, 0.5) is 4.79 Å². The fourth-order valence-electron chi connectivity index (χ4n) is 3.81. The fraction of sp³-hybridized carbons (Fsp3) is 0.238. The Labute approximate surface area is 167 Å². The van der Waals surface area contributed by atoms with E-state index in [1.807, 2.05) is 42.6 Å². The number of benzene rings is 2. The summed E-state index contributed by atoms with van der Waals surface area (Å²) in [6, 6.07) is 12.6. The molecule has 0 bridgehead atoms. The summed E-state index contributed by atoms with van der Waals surface area (Å²) in [4.78, 5) is 27.4. The summed E-state index contributed by atoms with van der Waals surface area (Å²) in [7, 11) is 0. The summed E-state index contributed by atoms with van der Waals surface area (Å²) < 4.78 is 0. The summed E-state index contributed by atoms with van der Waals surface area (Å²) in [5.41, 5.74) is 9.93. The molecule has 1 aliphatic rings. The zero-order chi connectivity index (χ0) is 19.7. The second-order valence-corrected chi connectivity index (χ2v) is 7.47. The molecule has 1 saturated heterocycles. The van der Waals surface area contributed by atoms with Gasteiger partial charge in [0.25, 0.3) is 5.91 Å². The highest BCUT2D eigenvalue weighted by Crippen LogP contribution is 2.30. The molecule has 2 aromatic carbocycles. The first kappa shape index (κ1) is 18.5. The number of hydrogen-bond donors (Lipinski definition) is 4. The number of imide groups is 1. The highest BCUT2D eigenvalue weighted by molar-refractivity contribution is 6.30. The van der Waals surface area contributed by atoms with Gasteiger partial charge in [0, 0.05) is 28.0 Å². The fourth-order valence-corrected chi connectivity index (χ4v) is 3.93. The SMILES string of the molecule is NCCc1c[nH]c2ccc(C(Cc3ccc(Cl)cc3)C3NC(=O)NC3=O)cc12. The standard InChI is InChI=1S/C21H21ClN4O2/c22-15-4-1-12(2-5-15)9-17(19-20(27)26-21(28)25-19)13-3-6-18-16(10-13)14(7-8-23)11-24-18/h1-6,10-11,17,19,24H,7-9,23H2,(H2,25,26,27,28). The van der Waals surface area contributed by atoms with Crippen molar-refractivity contribution in [3.05, 3.63) is 70.4 Å². The smallest absolute Gasteiger partial charge is 0.322 e. The van der Waals surface area contributed by atoms with Gasteiger partial charge in [-0.3, -0.25) is 10.1 Å². The van der Waals surface area contributed by atoms with Crippen molar-refractivity contribution in [2.45, 2.75) is 24.8 Å². The first-order valence-electron chi connectivity index (χ1n) is 9.21. The third-order valence-corrected chi connectivity index (χ3v) is 5.46. The number of nitrogens with two attached hydrogens (primary N) is 1. The van der Waals surface area contributed by atoms with Crippen molar-refractivity contribution in [3.63, 3.8) is 0 Å². The number of aromatic amines is 1. The van der Waals surface area contributed by atoms with Gasteiger partial charge in [0.1, 0.15) is 6.04 Å². The van der Waals surface area contributed by atoms with E-state index >= 15 is 0 Å². The van der Waals surface area contributed by atoms with Crippen molar-refractivity contribution in [1.29, 1.82) is 0 Å². The zero-order valence-electron chi connectivity index (χ0n) is 15.2. The summed E-state index contributed by atoms with van der Waals surface area (Å²) in [5, 5.41) is 6.86. The van der Waals surface area contributed by atoms with E-state index in [-0.39, 0.29) is 11.8 Å². The molecule has 3 amide bonds. The molecule has 0 radical (unpaired) electrons. The molecule has 2 heterocycles. The molecule has 3 aromatic rings. The molecule has 2 unspecified atom stereocenters. The van der Waals surface area contributed by atoms with Crippen molar-refractivity contribution in [2.24, 2.45) is 5.73 Å². The Morgan fingerprint density at radius 2 is 1.89 bits per heavy atom. The van der Waals surface area contributed by atoms with Gasteiger partial charge in [0.15, 0.2) is 0 Å². The normalized spacial score (nSPS) is 17.6. The predicted molar refractivity (Wildman–Crippen MR) is 109 cm³/mol. The largest absolute Gasteiger partial charge is 0.361 e. The number of hydrogen-bond acceptors (Lipinski definition) is 3. The molecule has 6 nitrogen and oxygen atoms in total. The Hall–Kier alpha value is -2.83. The Balaban J connectivity index is 1.74. The third kappa shape index (κ3) is 3.61. The number of halogens is 1. The van der Waals surface area contributed by atoms with Gasteiger partial charge in [-0.1, -0.05) is 29.8 Å². The molecule has 1 aromatic heterocycles. The molecule has 7 heteroatoms. The van der Waals surface area contributed by atoms with E-state index in [9.17, 15) is 9.59 Å². The van der Waals surface area contributed by atoms with Crippen LogP contribution >= 0.6 is 11.6 Å². The molecule has 0 aliphatic carbocycles. The van der Waals surface area contributed by atoms with E-state index < -0.39 is 12.1 Å². The van der Waals surface area contributed by atoms with Crippen LogP contribution < -0.4 is 16.4 Å². The Kier molecular flexibility index (Phi) is 5.07. The molecule has 5 N–H and O–H groups in total. The van der Waals surface area contributed by atoms with E-state index in [1.165, 1.54) is 0 Å². The van der Waals surface area contributed by atoms with Crippen molar-refractivity contribution in [2.75, 3.05) is 6.54 Å². The van der Waals surface area contributed by atoms with Gasteiger partial charge in [0.2, 0.25) is 0 Å². The number of nitrogens with one attached hydrogen (secondary N) is 3. The molecule has 0 spiro atoms. The second kappa shape index (κ2) is 7.66. The predicted octanol–water partition coefficient (Wildman–Crippen LogP) is 2.86. The number of H-pyrrole nitrogens is 1. The minimum absolute atomic E-state index is 0.211. The van der Waals surface area contributed by atoms with Crippen LogP contribution in [0.1, 0.15) is 22.6 Å². The lowest BCUT2D eigenvalue weighted by Gasteiger charge is -2.22. The van der Waals surface area contributed by atoms with Crippen molar-refractivity contribution < 1.29 is 9.59 Å². The molecular weight excluding hydrogens is 376 g/mol.